The third-order valence-corrected chi connectivity index (χ3v) is 8.84. The maximum Gasteiger partial charge on any atom is 0.335 e. The molecule has 37 heavy (non-hydrogen) atoms. The molecule has 1 aliphatic carbocycles. The van der Waals surface area contributed by atoms with Crippen LogP contribution in [-0.4, -0.2) is 56.6 Å². The topological polar surface area (TPSA) is 87.5 Å². The lowest BCUT2D eigenvalue weighted by atomic mass is 10.0. The Bertz CT molecular complexity index is 1510. The minimum atomic E-state index is -0.999. The number of nitrogens with zero attached hydrogens (tertiary/aromatic N) is 3. The van der Waals surface area contributed by atoms with Crippen molar-refractivity contribution >= 4 is 55.9 Å². The molecular weight excluding hydrogens is 508 g/mol. The van der Waals surface area contributed by atoms with Crippen LogP contribution in [0.3, 0.4) is 0 Å². The van der Waals surface area contributed by atoms with Crippen LogP contribution >= 0.6 is 22.9 Å². The molecule has 2 aromatic heterocycles. The molecule has 1 saturated carbocycles. The van der Waals surface area contributed by atoms with E-state index in [1.807, 2.05) is 29.7 Å². The van der Waals surface area contributed by atoms with Crippen LogP contribution in [0.25, 0.3) is 21.1 Å². The molecule has 1 saturated heterocycles. The molecule has 2 aromatic carbocycles. The molecule has 0 atom stereocenters. The van der Waals surface area contributed by atoms with Gasteiger partial charge in [-0.1, -0.05) is 24.6 Å². The Labute approximate surface area is 224 Å². The second-order valence-electron chi connectivity index (χ2n) is 10.1. The first-order valence-corrected chi connectivity index (χ1v) is 14.1. The third-order valence-electron chi connectivity index (χ3n) is 7.53. The van der Waals surface area contributed by atoms with E-state index in [0.717, 1.165) is 58.0 Å². The van der Waals surface area contributed by atoms with Gasteiger partial charge in [-0.15, -0.1) is 11.3 Å². The van der Waals surface area contributed by atoms with E-state index in [1.165, 1.54) is 12.8 Å². The Morgan fingerprint density at radius 3 is 2.62 bits per heavy atom. The minimum absolute atomic E-state index is 0.113. The number of carbonyl (C=O) groups is 2. The Morgan fingerprint density at radius 2 is 1.92 bits per heavy atom. The van der Waals surface area contributed by atoms with E-state index in [4.69, 9.17) is 16.6 Å². The molecule has 2 fully saturated rings. The largest absolute Gasteiger partial charge is 0.478 e. The molecule has 192 valence electrons. The highest BCUT2D eigenvalue weighted by atomic mass is 35.5. The van der Waals surface area contributed by atoms with Gasteiger partial charge in [0.1, 0.15) is 0 Å². The molecule has 4 aromatic rings. The number of aromatic nitrogens is 2. The number of benzene rings is 2. The van der Waals surface area contributed by atoms with Crippen molar-refractivity contribution in [3.05, 3.63) is 63.2 Å². The smallest absolute Gasteiger partial charge is 0.335 e. The monoisotopic (exact) mass is 536 g/mol. The zero-order valence-electron chi connectivity index (χ0n) is 20.7. The van der Waals surface area contributed by atoms with E-state index < -0.39 is 5.97 Å². The number of carbonyl (C=O) groups excluding carboxylic acids is 1. The maximum absolute atomic E-state index is 13.6. The average Bonchev–Trinajstić information content (AvgIpc) is 3.56. The number of nitrogens with one attached hydrogen (secondary N) is 1. The van der Waals surface area contributed by atoms with Crippen LogP contribution in [0.5, 0.6) is 0 Å². The number of fused-ring (bicyclic) bond motifs is 2. The van der Waals surface area contributed by atoms with Crippen molar-refractivity contribution in [1.82, 2.24) is 19.8 Å². The molecule has 3 heterocycles. The number of aromatic carboxylic acids is 1. The van der Waals surface area contributed by atoms with Crippen molar-refractivity contribution in [2.45, 2.75) is 57.7 Å². The summed E-state index contributed by atoms with van der Waals surface area (Å²) in [7, 11) is 0. The summed E-state index contributed by atoms with van der Waals surface area (Å²) in [5.41, 5.74) is 2.40. The molecular formula is C28H29ClN4O3S. The molecule has 0 spiro atoms. The van der Waals surface area contributed by atoms with E-state index in [2.05, 4.69) is 16.3 Å². The van der Waals surface area contributed by atoms with Gasteiger partial charge in [0, 0.05) is 39.8 Å². The summed E-state index contributed by atoms with van der Waals surface area (Å²) >= 11 is 7.85. The number of imidazole rings is 1. The number of amides is 1. The zero-order valence-corrected chi connectivity index (χ0v) is 22.2. The van der Waals surface area contributed by atoms with Crippen LogP contribution in [0.1, 0.15) is 64.0 Å². The Hall–Kier alpha value is -2.94. The van der Waals surface area contributed by atoms with E-state index in [0.29, 0.717) is 29.3 Å². The number of hydrogen-bond donors (Lipinski definition) is 2. The molecule has 6 rings (SSSR count). The number of thiophene rings is 1. The van der Waals surface area contributed by atoms with Gasteiger partial charge >= 0.3 is 5.97 Å². The first kappa shape index (κ1) is 24.4. The summed E-state index contributed by atoms with van der Waals surface area (Å²) in [4.78, 5) is 33.7. The third kappa shape index (κ3) is 4.85. The summed E-state index contributed by atoms with van der Waals surface area (Å²) in [6.45, 7) is 4.49. The number of piperidine rings is 1. The van der Waals surface area contributed by atoms with Crippen LogP contribution in [-0.2, 0) is 13.0 Å². The Morgan fingerprint density at radius 1 is 1.14 bits per heavy atom. The molecule has 0 bridgehead atoms. The number of aryl methyl sites for hydroxylation is 1. The van der Waals surface area contributed by atoms with Crippen molar-refractivity contribution < 1.29 is 14.7 Å². The van der Waals surface area contributed by atoms with Crippen LogP contribution in [0.4, 0.5) is 0 Å². The maximum atomic E-state index is 13.6. The molecule has 1 aliphatic heterocycles. The van der Waals surface area contributed by atoms with Crippen LogP contribution in [0.2, 0.25) is 5.02 Å². The minimum Gasteiger partial charge on any atom is -0.478 e. The fourth-order valence-corrected chi connectivity index (χ4v) is 6.80. The quantitative estimate of drug-likeness (QED) is 0.322. The fourth-order valence-electron chi connectivity index (χ4n) is 5.47. The first-order valence-electron chi connectivity index (χ1n) is 12.9. The lowest BCUT2D eigenvalue weighted by Crippen LogP contribution is -2.45. The highest BCUT2D eigenvalue weighted by Gasteiger charge is 2.33. The number of rotatable bonds is 7. The summed E-state index contributed by atoms with van der Waals surface area (Å²) in [5.74, 6) is -0.877. The van der Waals surface area contributed by atoms with E-state index in [1.54, 1.807) is 23.5 Å². The van der Waals surface area contributed by atoms with Gasteiger partial charge < -0.3 is 19.9 Å². The normalized spacial score (nSPS) is 17.0. The van der Waals surface area contributed by atoms with Crippen LogP contribution < -0.4 is 5.32 Å². The van der Waals surface area contributed by atoms with Gasteiger partial charge in [0.2, 0.25) is 0 Å². The molecule has 0 unspecified atom stereocenters. The van der Waals surface area contributed by atoms with Gasteiger partial charge in [-0.2, -0.15) is 0 Å². The summed E-state index contributed by atoms with van der Waals surface area (Å²) < 4.78 is 3.05. The molecule has 7 nitrogen and oxygen atoms in total. The number of hydrogen-bond acceptors (Lipinski definition) is 5. The number of likely N-dealkylation sites (tertiary alicyclic amines) is 1. The lowest BCUT2D eigenvalue weighted by molar-refractivity contribution is 0.0696. The Kier molecular flexibility index (Phi) is 6.42. The highest BCUT2D eigenvalue weighted by Crippen LogP contribution is 2.32. The summed E-state index contributed by atoms with van der Waals surface area (Å²) in [5, 5.41) is 14.7. The second kappa shape index (κ2) is 9.74. The van der Waals surface area contributed by atoms with E-state index in [9.17, 15) is 14.7 Å². The van der Waals surface area contributed by atoms with Crippen LogP contribution in [0, 0.1) is 0 Å². The van der Waals surface area contributed by atoms with Crippen LogP contribution in [0.15, 0.2) is 36.4 Å². The lowest BCUT2D eigenvalue weighted by Gasteiger charge is -2.32. The van der Waals surface area contributed by atoms with Crippen molar-refractivity contribution in [2.75, 3.05) is 13.1 Å². The number of halogens is 1. The fraction of sp³-hybridized carbons (Fsp3) is 0.393. The first-order chi connectivity index (χ1) is 17.9. The Balaban J connectivity index is 1.37. The molecule has 1 amide bonds. The molecule has 2 N–H and O–H groups in total. The van der Waals surface area contributed by atoms with Gasteiger partial charge in [-0.05, 0) is 73.4 Å². The van der Waals surface area contributed by atoms with Crippen molar-refractivity contribution in [3.8, 4) is 0 Å². The zero-order chi connectivity index (χ0) is 25.7. The number of carboxylic acid groups (broad SMARTS) is 1. The highest BCUT2D eigenvalue weighted by molar-refractivity contribution is 7.19. The van der Waals surface area contributed by atoms with Gasteiger partial charge in [-0.25, -0.2) is 9.78 Å². The summed E-state index contributed by atoms with van der Waals surface area (Å²) in [6, 6.07) is 12.1. The van der Waals surface area contributed by atoms with Crippen molar-refractivity contribution in [3.63, 3.8) is 0 Å². The molecule has 9 heteroatoms. The predicted octanol–water partition coefficient (Wildman–Crippen LogP) is 5.57. The second-order valence-corrected chi connectivity index (χ2v) is 11.7. The molecule has 2 aliphatic rings. The predicted molar refractivity (Wildman–Crippen MR) is 147 cm³/mol. The summed E-state index contributed by atoms with van der Waals surface area (Å²) in [6.07, 6.45) is 5.09. The van der Waals surface area contributed by atoms with Gasteiger partial charge in [0.25, 0.3) is 5.91 Å². The standard InChI is InChI=1S/C28H29ClN4O3S/c1-2-16-11-18(28(35)36)13-23-25(16)33(15-22-12-17-3-4-19(29)14-24(17)37-22)26(31-23)27(34)30-20-7-9-32(10-8-20)21-5-6-21/h3-4,11-14,20-21H,2,5-10,15H2,1H3,(H,30,34)(H,35,36). The molecule has 0 radical (unpaired) electrons. The van der Waals surface area contributed by atoms with E-state index in [-0.39, 0.29) is 17.5 Å². The number of carboxylic acids is 1. The van der Waals surface area contributed by atoms with Gasteiger partial charge in [0.05, 0.1) is 23.1 Å². The van der Waals surface area contributed by atoms with Gasteiger partial charge in [0.15, 0.2) is 5.82 Å². The van der Waals surface area contributed by atoms with Crippen molar-refractivity contribution in [2.24, 2.45) is 0 Å². The van der Waals surface area contributed by atoms with Gasteiger partial charge in [-0.3, -0.25) is 4.79 Å². The SMILES string of the molecule is CCc1cc(C(=O)O)cc2nc(C(=O)NC3CCN(C4CC4)CC3)n(Cc3cc4ccc(Cl)cc4s3)c12. The average molecular weight is 537 g/mol. The van der Waals surface area contributed by atoms with Crippen molar-refractivity contribution in [1.29, 1.82) is 0 Å². The van der Waals surface area contributed by atoms with E-state index >= 15 is 0 Å².